The van der Waals surface area contributed by atoms with E-state index in [2.05, 4.69) is 9.47 Å². The second kappa shape index (κ2) is 15.7. The summed E-state index contributed by atoms with van der Waals surface area (Å²) in [7, 11) is 0. The minimum Gasteiger partial charge on any atom is -0.340 e. The van der Waals surface area contributed by atoms with E-state index in [9.17, 15) is 105 Å². The zero-order valence-electron chi connectivity index (χ0n) is 21.1. The Morgan fingerprint density at radius 1 is 0.477 bits per heavy atom. The first-order valence-electron chi connectivity index (χ1n) is 10.6. The largest absolute Gasteiger partial charge is 0.559 e. The first-order chi connectivity index (χ1) is 18.9. The van der Waals surface area contributed by atoms with Crippen LogP contribution in [0.2, 0.25) is 0 Å². The average molecular weight is 722 g/mol. The fourth-order valence-corrected chi connectivity index (χ4v) is 2.29. The summed E-state index contributed by atoms with van der Waals surface area (Å²) in [6, 6.07) is 0. The van der Waals surface area contributed by atoms with Crippen LogP contribution < -0.4 is 0 Å². The van der Waals surface area contributed by atoms with E-state index in [1.165, 1.54) is 6.92 Å². The molecule has 0 aliphatic rings. The van der Waals surface area contributed by atoms with Gasteiger partial charge in [-0.2, -0.15) is 70.2 Å². The minimum atomic E-state index is -7.26. The number of hydrogen-bond acceptors (Lipinski definition) is 2. The van der Waals surface area contributed by atoms with Crippen LogP contribution in [0.25, 0.3) is 0 Å². The third-order valence-corrected chi connectivity index (χ3v) is 4.10. The summed E-state index contributed by atoms with van der Waals surface area (Å²) in [6.45, 7) is -0.116. The van der Waals surface area contributed by atoms with Gasteiger partial charge in [0.25, 0.3) is 6.17 Å². The van der Waals surface area contributed by atoms with Crippen LogP contribution in [-0.4, -0.2) is 80.2 Å². The van der Waals surface area contributed by atoms with Gasteiger partial charge in [-0.05, 0) is 12.8 Å². The zero-order chi connectivity index (χ0) is 36.6. The summed E-state index contributed by atoms with van der Waals surface area (Å²) < 4.78 is 293. The van der Waals surface area contributed by atoms with E-state index < -0.39 is 93.1 Å². The van der Waals surface area contributed by atoms with Gasteiger partial charge in [-0.3, -0.25) is 0 Å². The molecule has 0 heterocycles. The molecule has 0 saturated heterocycles. The summed E-state index contributed by atoms with van der Waals surface area (Å²) in [4.78, 5) is 0. The lowest BCUT2D eigenvalue weighted by Gasteiger charge is -2.42. The van der Waals surface area contributed by atoms with Crippen LogP contribution in [0, 0.1) is 0 Å². The molecular formula is C18H18F24O2. The first-order valence-corrected chi connectivity index (χ1v) is 10.6. The van der Waals surface area contributed by atoms with E-state index in [0.717, 1.165) is 6.92 Å². The molecule has 26 heteroatoms. The van der Waals surface area contributed by atoms with Gasteiger partial charge < -0.3 is 9.47 Å². The van der Waals surface area contributed by atoms with Gasteiger partial charge >= 0.3 is 54.7 Å². The first kappa shape index (κ1) is 46.7. The van der Waals surface area contributed by atoms with Crippen LogP contribution in [0.15, 0.2) is 0 Å². The van der Waals surface area contributed by atoms with Crippen molar-refractivity contribution in [1.82, 2.24) is 0 Å². The van der Waals surface area contributed by atoms with E-state index in [0.29, 0.717) is 0 Å². The maximum Gasteiger partial charge on any atom is 0.559 e. The SMILES string of the molecule is CCCOC(F)(C(F)C(F)(F)F)C(F)(C(F)(F)F)C(F)(F)F.CCCOC(F)(C(F)CC(F)(F)F)C(F)(F)F.FC(F)(F)F. The highest BCUT2D eigenvalue weighted by Gasteiger charge is 2.88. The molecule has 0 N–H and O–H groups in total. The molecular weight excluding hydrogens is 704 g/mol. The Balaban J connectivity index is -0.000000676. The Labute approximate surface area is 229 Å². The molecule has 0 fully saturated rings. The van der Waals surface area contributed by atoms with Gasteiger partial charge in [0.2, 0.25) is 0 Å². The summed E-state index contributed by atoms with van der Waals surface area (Å²) in [5.74, 6) is -11.3. The van der Waals surface area contributed by atoms with Crippen molar-refractivity contribution < 1.29 is 115 Å². The topological polar surface area (TPSA) is 18.5 Å². The quantitative estimate of drug-likeness (QED) is 0.209. The van der Waals surface area contributed by atoms with Gasteiger partial charge in [0, 0.05) is 0 Å². The maximum absolute atomic E-state index is 13.8. The summed E-state index contributed by atoms with van der Waals surface area (Å²) in [6.07, 6.45) is -50.4. The third kappa shape index (κ3) is 13.7. The number of rotatable bonds is 10. The second-order valence-electron chi connectivity index (χ2n) is 7.76. The van der Waals surface area contributed by atoms with Gasteiger partial charge in [0.15, 0.2) is 6.17 Å². The molecule has 4 unspecified atom stereocenters. The third-order valence-electron chi connectivity index (χ3n) is 4.10. The monoisotopic (exact) mass is 722 g/mol. The molecule has 44 heavy (non-hydrogen) atoms. The van der Waals surface area contributed by atoms with Gasteiger partial charge in [-0.25, -0.2) is 17.6 Å². The number of halogens is 24. The molecule has 0 radical (unpaired) electrons. The lowest BCUT2D eigenvalue weighted by molar-refractivity contribution is -0.440. The molecule has 0 amide bonds. The smallest absolute Gasteiger partial charge is 0.340 e. The highest BCUT2D eigenvalue weighted by Crippen LogP contribution is 2.57. The van der Waals surface area contributed by atoms with E-state index in [1.54, 1.807) is 0 Å². The average Bonchev–Trinajstić information content (AvgIpc) is 2.75. The standard InChI is InChI=1S/C9H8F12O.C8H10F8O.CF4/c1-2-3-22-5(11,4(10)6(12,13)14)7(15,8(16,17)18)9(19,20)21;1-2-3-17-7(13,8(14,15)16)5(9)4-6(10,11)12;2-1(3,4)5/h4H,2-3H2,1H3;5H,2-4H2,1H3;. The number of alkyl halides is 24. The Morgan fingerprint density at radius 3 is 0.977 bits per heavy atom. The van der Waals surface area contributed by atoms with Crippen LogP contribution in [-0.2, 0) is 9.47 Å². The van der Waals surface area contributed by atoms with E-state index >= 15 is 0 Å². The van der Waals surface area contributed by atoms with Crippen LogP contribution >= 0.6 is 0 Å². The van der Waals surface area contributed by atoms with Crippen LogP contribution in [0.5, 0.6) is 0 Å². The fourth-order valence-electron chi connectivity index (χ4n) is 2.29. The molecule has 4 atom stereocenters. The van der Waals surface area contributed by atoms with Crippen molar-refractivity contribution in [2.24, 2.45) is 0 Å². The molecule has 270 valence electrons. The van der Waals surface area contributed by atoms with E-state index in [1.807, 2.05) is 0 Å². The van der Waals surface area contributed by atoms with Gasteiger partial charge in [-0.15, -0.1) is 17.6 Å². The molecule has 0 bridgehead atoms. The lowest BCUT2D eigenvalue weighted by Crippen LogP contribution is -2.72. The predicted octanol–water partition coefficient (Wildman–Crippen LogP) is 10.2. The van der Waals surface area contributed by atoms with Crippen molar-refractivity contribution in [3.8, 4) is 0 Å². The van der Waals surface area contributed by atoms with Crippen LogP contribution in [0.4, 0.5) is 105 Å². The Bertz CT molecular complexity index is 787. The summed E-state index contributed by atoms with van der Waals surface area (Å²) in [5, 5.41) is 0. The predicted molar refractivity (Wildman–Crippen MR) is 95.9 cm³/mol. The number of ether oxygens (including phenoxy) is 2. The Kier molecular flexibility index (Phi) is 16.6. The van der Waals surface area contributed by atoms with Crippen molar-refractivity contribution in [2.75, 3.05) is 13.2 Å². The number of hydrogen-bond donors (Lipinski definition) is 0. The fraction of sp³-hybridized carbons (Fsp3) is 1.00. The Morgan fingerprint density at radius 2 is 0.773 bits per heavy atom. The van der Waals surface area contributed by atoms with Gasteiger partial charge in [0.1, 0.15) is 0 Å². The van der Waals surface area contributed by atoms with E-state index in [-0.39, 0.29) is 6.42 Å². The molecule has 0 aliphatic heterocycles. The molecule has 0 aliphatic carbocycles. The minimum absolute atomic E-state index is 0.0967. The highest BCUT2D eigenvalue weighted by atomic mass is 19.5. The second-order valence-corrected chi connectivity index (χ2v) is 7.76. The van der Waals surface area contributed by atoms with Crippen molar-refractivity contribution in [3.63, 3.8) is 0 Å². The van der Waals surface area contributed by atoms with E-state index in [4.69, 9.17) is 0 Å². The normalized spacial score (nSPS) is 18.1. The molecule has 2 nitrogen and oxygen atoms in total. The van der Waals surface area contributed by atoms with Crippen molar-refractivity contribution in [3.05, 3.63) is 0 Å². The molecule has 0 rings (SSSR count). The molecule has 0 aromatic carbocycles. The summed E-state index contributed by atoms with van der Waals surface area (Å²) >= 11 is 0. The lowest BCUT2D eigenvalue weighted by atomic mass is 9.90. The van der Waals surface area contributed by atoms with Gasteiger partial charge in [-0.1, -0.05) is 13.8 Å². The summed E-state index contributed by atoms with van der Waals surface area (Å²) in [5.41, 5.74) is -7.23. The molecule has 0 spiro atoms. The van der Waals surface area contributed by atoms with Crippen LogP contribution in [0.1, 0.15) is 33.1 Å². The molecule has 0 aromatic rings. The van der Waals surface area contributed by atoms with Crippen molar-refractivity contribution in [2.45, 2.75) is 100 Å². The van der Waals surface area contributed by atoms with Crippen molar-refractivity contribution >= 4 is 0 Å². The zero-order valence-corrected chi connectivity index (χ0v) is 21.1. The molecule has 0 saturated carbocycles. The van der Waals surface area contributed by atoms with Crippen molar-refractivity contribution in [1.29, 1.82) is 0 Å². The highest BCUT2D eigenvalue weighted by molar-refractivity contribution is 5.10. The van der Waals surface area contributed by atoms with Gasteiger partial charge in [0.05, 0.1) is 19.6 Å². The Hall–Kier alpha value is -1.76. The molecule has 0 aromatic heterocycles. The maximum atomic E-state index is 13.8. The van der Waals surface area contributed by atoms with Crippen LogP contribution in [0.3, 0.4) is 0 Å².